The summed E-state index contributed by atoms with van der Waals surface area (Å²) in [6.45, 7) is 13.4. The van der Waals surface area contributed by atoms with Crippen LogP contribution in [0.2, 0.25) is 0 Å². The van der Waals surface area contributed by atoms with Gasteiger partial charge in [-0.25, -0.2) is 0 Å². The van der Waals surface area contributed by atoms with Crippen LogP contribution >= 0.6 is 0 Å². The summed E-state index contributed by atoms with van der Waals surface area (Å²) < 4.78 is 0. The summed E-state index contributed by atoms with van der Waals surface area (Å²) in [6, 6.07) is 0.466. The molecule has 1 atom stereocenters. The van der Waals surface area contributed by atoms with E-state index in [0.717, 1.165) is 18.5 Å². The fourth-order valence-electron chi connectivity index (χ4n) is 2.00. The first-order valence-electron chi connectivity index (χ1n) is 5.99. The van der Waals surface area contributed by atoms with Crippen molar-refractivity contribution in [1.29, 1.82) is 0 Å². The zero-order chi connectivity index (χ0) is 12.1. The van der Waals surface area contributed by atoms with Crippen LogP contribution in [0.4, 0.5) is 0 Å². The lowest BCUT2D eigenvalue weighted by Gasteiger charge is -2.34. The van der Waals surface area contributed by atoms with Gasteiger partial charge in [0.15, 0.2) is 0 Å². The lowest BCUT2D eigenvalue weighted by molar-refractivity contribution is 0.230. The third kappa shape index (κ3) is 5.71. The molecule has 0 amide bonds. The fraction of sp³-hybridized carbons (Fsp3) is 0.846. The highest BCUT2D eigenvalue weighted by atomic mass is 14.9. The van der Waals surface area contributed by atoms with Crippen molar-refractivity contribution in [2.45, 2.75) is 60.4 Å². The highest BCUT2D eigenvalue weighted by Gasteiger charge is 2.26. The summed E-state index contributed by atoms with van der Waals surface area (Å²) in [5.41, 5.74) is 7.09. The predicted molar refractivity (Wildman–Crippen MR) is 68.4 cm³/mol. The third-order valence-electron chi connectivity index (χ3n) is 2.59. The number of rotatable bonds is 5. The van der Waals surface area contributed by atoms with Gasteiger partial charge in [-0.1, -0.05) is 48.0 Å². The minimum Gasteiger partial charge on any atom is -0.401 e. The predicted octanol–water partition coefficient (Wildman–Crippen LogP) is 3.25. The molecule has 0 aliphatic carbocycles. The molecular weight excluding hydrogens is 184 g/mol. The van der Waals surface area contributed by atoms with Crippen LogP contribution in [0.5, 0.6) is 0 Å². The number of allylic oxidation sites excluding steroid dienone is 1. The second kappa shape index (κ2) is 6.04. The summed E-state index contributed by atoms with van der Waals surface area (Å²) in [6.07, 6.45) is 4.06. The molecule has 0 fully saturated rings. The Morgan fingerprint density at radius 2 is 1.87 bits per heavy atom. The zero-order valence-electron chi connectivity index (χ0n) is 11.2. The molecule has 0 aromatic rings. The average Bonchev–Trinajstić information content (AvgIpc) is 2.01. The first kappa shape index (κ1) is 14.3. The van der Waals surface area contributed by atoms with Gasteiger partial charge in [-0.3, -0.25) is 0 Å². The van der Waals surface area contributed by atoms with E-state index in [4.69, 9.17) is 5.73 Å². The van der Waals surface area contributed by atoms with Crippen LogP contribution < -0.4 is 11.1 Å². The van der Waals surface area contributed by atoms with Crippen molar-refractivity contribution in [2.75, 3.05) is 0 Å². The van der Waals surface area contributed by atoms with Crippen LogP contribution in [0.15, 0.2) is 11.9 Å². The molecule has 0 aliphatic heterocycles. The van der Waals surface area contributed by atoms with Crippen molar-refractivity contribution in [3.05, 3.63) is 11.9 Å². The molecule has 0 bridgehead atoms. The van der Waals surface area contributed by atoms with Gasteiger partial charge in [-0.15, -0.1) is 0 Å². The molecule has 0 aromatic carbocycles. The van der Waals surface area contributed by atoms with E-state index in [1.165, 1.54) is 0 Å². The van der Waals surface area contributed by atoms with E-state index in [1.807, 2.05) is 6.20 Å². The molecule has 0 heterocycles. The van der Waals surface area contributed by atoms with Crippen LogP contribution in [-0.4, -0.2) is 6.04 Å². The molecule has 2 nitrogen and oxygen atoms in total. The van der Waals surface area contributed by atoms with Crippen LogP contribution in [0.1, 0.15) is 54.4 Å². The minimum atomic E-state index is 0.261. The Morgan fingerprint density at radius 1 is 1.33 bits per heavy atom. The lowest BCUT2D eigenvalue weighted by atomic mass is 9.80. The zero-order valence-corrected chi connectivity index (χ0v) is 11.2. The van der Waals surface area contributed by atoms with E-state index in [1.54, 1.807) is 0 Å². The molecule has 0 aliphatic rings. The monoisotopic (exact) mass is 212 g/mol. The molecule has 0 aromatic heterocycles. The molecule has 1 unspecified atom stereocenters. The molecule has 0 rings (SSSR count). The van der Waals surface area contributed by atoms with Gasteiger partial charge in [0.05, 0.1) is 0 Å². The SMILES string of the molecule is CCC/C(N)=C/NC(C(C)C)C(C)(C)C. The van der Waals surface area contributed by atoms with E-state index in [2.05, 4.69) is 46.9 Å². The molecule has 0 saturated heterocycles. The molecular formula is C13H28N2. The van der Waals surface area contributed by atoms with Crippen molar-refractivity contribution < 1.29 is 0 Å². The second-order valence-electron chi connectivity index (χ2n) is 5.72. The number of nitrogens with one attached hydrogen (secondary N) is 1. The minimum absolute atomic E-state index is 0.261. The highest BCUT2D eigenvalue weighted by Crippen LogP contribution is 2.25. The quantitative estimate of drug-likeness (QED) is 0.734. The summed E-state index contributed by atoms with van der Waals surface area (Å²) in [4.78, 5) is 0. The fourth-order valence-corrected chi connectivity index (χ4v) is 2.00. The van der Waals surface area contributed by atoms with Gasteiger partial charge in [-0.05, 0) is 17.8 Å². The van der Waals surface area contributed by atoms with Crippen molar-refractivity contribution in [2.24, 2.45) is 17.1 Å². The summed E-state index contributed by atoms with van der Waals surface area (Å²) in [5.74, 6) is 0.607. The van der Waals surface area contributed by atoms with E-state index < -0.39 is 0 Å². The van der Waals surface area contributed by atoms with Gasteiger partial charge in [0.2, 0.25) is 0 Å². The first-order chi connectivity index (χ1) is 6.79. The Kier molecular flexibility index (Phi) is 5.77. The van der Waals surface area contributed by atoms with E-state index in [0.29, 0.717) is 12.0 Å². The molecule has 2 heteroatoms. The molecule has 90 valence electrons. The smallest absolute Gasteiger partial charge is 0.0327 e. The summed E-state index contributed by atoms with van der Waals surface area (Å²) in [7, 11) is 0. The molecule has 3 N–H and O–H groups in total. The van der Waals surface area contributed by atoms with Gasteiger partial charge < -0.3 is 11.1 Å². The maximum atomic E-state index is 5.87. The first-order valence-corrected chi connectivity index (χ1v) is 5.99. The molecule has 0 radical (unpaired) electrons. The second-order valence-corrected chi connectivity index (χ2v) is 5.72. The van der Waals surface area contributed by atoms with Gasteiger partial charge in [0.25, 0.3) is 0 Å². The molecule has 15 heavy (non-hydrogen) atoms. The third-order valence-corrected chi connectivity index (χ3v) is 2.59. The van der Waals surface area contributed by atoms with Crippen molar-refractivity contribution in [1.82, 2.24) is 5.32 Å². The van der Waals surface area contributed by atoms with Crippen molar-refractivity contribution in [3.8, 4) is 0 Å². The average molecular weight is 212 g/mol. The Bertz CT molecular complexity index is 199. The van der Waals surface area contributed by atoms with Crippen LogP contribution in [-0.2, 0) is 0 Å². The summed E-state index contributed by atoms with van der Waals surface area (Å²) >= 11 is 0. The Hall–Kier alpha value is -0.660. The van der Waals surface area contributed by atoms with E-state index in [-0.39, 0.29) is 5.41 Å². The largest absolute Gasteiger partial charge is 0.401 e. The maximum absolute atomic E-state index is 5.87. The van der Waals surface area contributed by atoms with E-state index >= 15 is 0 Å². The Balaban J connectivity index is 4.38. The van der Waals surface area contributed by atoms with E-state index in [9.17, 15) is 0 Å². The van der Waals surface area contributed by atoms with Crippen molar-refractivity contribution >= 4 is 0 Å². The number of hydrogen-bond acceptors (Lipinski definition) is 2. The summed E-state index contributed by atoms with van der Waals surface area (Å²) in [5, 5.41) is 3.46. The molecule has 0 spiro atoms. The van der Waals surface area contributed by atoms with Crippen LogP contribution in [0.3, 0.4) is 0 Å². The Morgan fingerprint density at radius 3 is 2.20 bits per heavy atom. The standard InChI is InChI=1S/C13H28N2/c1-7-8-11(14)9-15-12(10(2)3)13(4,5)6/h9-10,12,15H,7-8,14H2,1-6H3/b11-9-. The van der Waals surface area contributed by atoms with Crippen LogP contribution in [0.25, 0.3) is 0 Å². The maximum Gasteiger partial charge on any atom is 0.0327 e. The lowest BCUT2D eigenvalue weighted by Crippen LogP contribution is -2.42. The van der Waals surface area contributed by atoms with Crippen LogP contribution in [0, 0.1) is 11.3 Å². The molecule has 0 saturated carbocycles. The van der Waals surface area contributed by atoms with Crippen molar-refractivity contribution in [3.63, 3.8) is 0 Å². The normalized spacial score (nSPS) is 15.5. The van der Waals surface area contributed by atoms with Gasteiger partial charge in [0.1, 0.15) is 0 Å². The Labute approximate surface area is 95.3 Å². The van der Waals surface area contributed by atoms with Gasteiger partial charge in [0, 0.05) is 17.9 Å². The highest BCUT2D eigenvalue weighted by molar-refractivity contribution is 4.98. The topological polar surface area (TPSA) is 38.0 Å². The number of hydrogen-bond donors (Lipinski definition) is 2. The van der Waals surface area contributed by atoms with Gasteiger partial charge in [-0.2, -0.15) is 0 Å². The van der Waals surface area contributed by atoms with Gasteiger partial charge >= 0.3 is 0 Å². The number of nitrogens with two attached hydrogens (primary N) is 1.